The van der Waals surface area contributed by atoms with E-state index in [9.17, 15) is 14.4 Å². The van der Waals surface area contributed by atoms with Crippen LogP contribution in [0.4, 0.5) is 4.79 Å². The number of rotatable bonds is 11. The molecule has 0 spiro atoms. The molecule has 1 aromatic rings. The maximum absolute atomic E-state index is 12.3. The van der Waals surface area contributed by atoms with Gasteiger partial charge in [0.15, 0.2) is 5.78 Å². The molecule has 1 aromatic carbocycles. The zero-order valence-electron chi connectivity index (χ0n) is 16.9. The van der Waals surface area contributed by atoms with E-state index in [2.05, 4.69) is 17.0 Å². The normalized spacial score (nSPS) is 18.6. The minimum absolute atomic E-state index is 0.172. The van der Waals surface area contributed by atoms with Crippen molar-refractivity contribution >= 4 is 17.8 Å². The second kappa shape index (κ2) is 10.8. The molecule has 1 aliphatic heterocycles. The molecular formula is C22H31NO5. The fourth-order valence-electron chi connectivity index (χ4n) is 3.46. The predicted octanol–water partition coefficient (Wildman–Crippen LogP) is 4.20. The molecule has 0 aromatic heterocycles. The van der Waals surface area contributed by atoms with Crippen LogP contribution in [-0.2, 0) is 20.7 Å². The molecule has 1 N–H and O–H groups in total. The molecule has 0 saturated carbocycles. The van der Waals surface area contributed by atoms with Crippen LogP contribution < -0.4 is 5.32 Å². The van der Waals surface area contributed by atoms with Crippen LogP contribution in [0.2, 0.25) is 0 Å². The lowest BCUT2D eigenvalue weighted by Gasteiger charge is -2.25. The summed E-state index contributed by atoms with van der Waals surface area (Å²) in [6.07, 6.45) is 7.03. The summed E-state index contributed by atoms with van der Waals surface area (Å²) < 4.78 is 9.70. The van der Waals surface area contributed by atoms with E-state index in [-0.39, 0.29) is 12.4 Å². The highest BCUT2D eigenvalue weighted by molar-refractivity contribution is 5.96. The molecule has 154 valence electrons. The maximum atomic E-state index is 12.3. The van der Waals surface area contributed by atoms with Crippen LogP contribution >= 0.6 is 0 Å². The number of methoxy groups -OCH3 is 1. The largest absolute Gasteiger partial charge is 0.464 e. The number of cyclic esters (lactones) is 1. The lowest BCUT2D eigenvalue weighted by atomic mass is 9.89. The first-order chi connectivity index (χ1) is 13.5. The Morgan fingerprint density at radius 3 is 2.46 bits per heavy atom. The predicted molar refractivity (Wildman–Crippen MR) is 106 cm³/mol. The molecule has 0 bridgehead atoms. The molecule has 1 heterocycles. The van der Waals surface area contributed by atoms with Gasteiger partial charge in [0.2, 0.25) is 0 Å². The number of Topliss-reactive ketones (excluding diaryl/α,β-unsaturated/α-hetero) is 1. The molecule has 2 rings (SSSR count). The number of unbranched alkanes of at least 4 members (excludes halogenated alkanes) is 4. The number of benzene rings is 1. The molecule has 28 heavy (non-hydrogen) atoms. The third kappa shape index (κ3) is 6.08. The molecule has 1 amide bonds. The highest BCUT2D eigenvalue weighted by Crippen LogP contribution is 2.26. The van der Waals surface area contributed by atoms with E-state index < -0.39 is 17.6 Å². The molecule has 1 atom stereocenters. The van der Waals surface area contributed by atoms with Crippen molar-refractivity contribution in [1.82, 2.24) is 5.32 Å². The van der Waals surface area contributed by atoms with Gasteiger partial charge >= 0.3 is 12.1 Å². The van der Waals surface area contributed by atoms with Crippen molar-refractivity contribution < 1.29 is 23.9 Å². The Bertz CT molecular complexity index is 670. The first kappa shape index (κ1) is 21.9. The molecule has 1 unspecified atom stereocenters. The Morgan fingerprint density at radius 2 is 1.86 bits per heavy atom. The lowest BCUT2D eigenvalue weighted by Crippen LogP contribution is -2.52. The van der Waals surface area contributed by atoms with Crippen LogP contribution in [0.5, 0.6) is 0 Å². The van der Waals surface area contributed by atoms with E-state index in [0.717, 1.165) is 24.0 Å². The van der Waals surface area contributed by atoms with E-state index in [1.165, 1.54) is 26.4 Å². The summed E-state index contributed by atoms with van der Waals surface area (Å²) in [6, 6.07) is 7.51. The summed E-state index contributed by atoms with van der Waals surface area (Å²) in [5.41, 5.74) is 0.687. The molecule has 6 nitrogen and oxygen atoms in total. The van der Waals surface area contributed by atoms with Gasteiger partial charge in [0.25, 0.3) is 0 Å². The van der Waals surface area contributed by atoms with E-state index in [0.29, 0.717) is 25.7 Å². The Morgan fingerprint density at radius 1 is 1.14 bits per heavy atom. The lowest BCUT2D eigenvalue weighted by molar-refractivity contribution is -0.143. The van der Waals surface area contributed by atoms with Crippen molar-refractivity contribution in [2.45, 2.75) is 70.3 Å². The first-order valence-electron chi connectivity index (χ1n) is 10.2. The summed E-state index contributed by atoms with van der Waals surface area (Å²) in [5, 5.41) is 2.64. The SMILES string of the molecule is CCCCCCCC(=O)c1ccc(CCC2(NC(=O)OC)CCOC2=O)cc1. The first-order valence-corrected chi connectivity index (χ1v) is 10.2. The number of hydrogen-bond acceptors (Lipinski definition) is 5. The summed E-state index contributed by atoms with van der Waals surface area (Å²) >= 11 is 0. The average molecular weight is 389 g/mol. The van der Waals surface area contributed by atoms with Gasteiger partial charge in [-0.15, -0.1) is 0 Å². The van der Waals surface area contributed by atoms with Crippen molar-refractivity contribution in [2.75, 3.05) is 13.7 Å². The average Bonchev–Trinajstić information content (AvgIpc) is 3.06. The Balaban J connectivity index is 1.88. The van der Waals surface area contributed by atoms with Gasteiger partial charge in [0.1, 0.15) is 5.54 Å². The number of esters is 1. The van der Waals surface area contributed by atoms with Gasteiger partial charge in [0.05, 0.1) is 13.7 Å². The minimum atomic E-state index is -1.04. The zero-order valence-corrected chi connectivity index (χ0v) is 16.9. The number of amides is 1. The van der Waals surface area contributed by atoms with Crippen LogP contribution in [0.3, 0.4) is 0 Å². The summed E-state index contributed by atoms with van der Waals surface area (Å²) in [4.78, 5) is 36.0. The third-order valence-electron chi connectivity index (χ3n) is 5.30. The van der Waals surface area contributed by atoms with Crippen LogP contribution in [-0.4, -0.2) is 37.1 Å². The second-order valence-corrected chi connectivity index (χ2v) is 7.37. The van der Waals surface area contributed by atoms with Gasteiger partial charge in [0, 0.05) is 18.4 Å². The molecule has 1 aliphatic rings. The quantitative estimate of drug-likeness (QED) is 0.348. The van der Waals surface area contributed by atoms with E-state index in [4.69, 9.17) is 4.74 Å². The third-order valence-corrected chi connectivity index (χ3v) is 5.30. The highest BCUT2D eigenvalue weighted by Gasteiger charge is 2.45. The minimum Gasteiger partial charge on any atom is -0.464 e. The van der Waals surface area contributed by atoms with Crippen LogP contribution in [0, 0.1) is 0 Å². The van der Waals surface area contributed by atoms with Crippen molar-refractivity contribution in [2.24, 2.45) is 0 Å². The van der Waals surface area contributed by atoms with Gasteiger partial charge < -0.3 is 14.8 Å². The number of ketones is 1. The molecule has 1 saturated heterocycles. The van der Waals surface area contributed by atoms with Crippen molar-refractivity contribution in [3.8, 4) is 0 Å². The Kier molecular flexibility index (Phi) is 8.48. The smallest absolute Gasteiger partial charge is 0.407 e. The fourth-order valence-corrected chi connectivity index (χ4v) is 3.46. The molecule has 0 radical (unpaired) electrons. The van der Waals surface area contributed by atoms with Crippen LogP contribution in [0.25, 0.3) is 0 Å². The van der Waals surface area contributed by atoms with Crippen LogP contribution in [0.1, 0.15) is 74.2 Å². The summed E-state index contributed by atoms with van der Waals surface area (Å²) in [7, 11) is 1.27. The van der Waals surface area contributed by atoms with Crippen molar-refractivity contribution in [1.29, 1.82) is 0 Å². The fraction of sp³-hybridized carbons (Fsp3) is 0.591. The number of carbonyl (C=O) groups is 3. The number of alkyl carbamates (subject to hydrolysis) is 1. The van der Waals surface area contributed by atoms with Crippen molar-refractivity contribution in [3.63, 3.8) is 0 Å². The molecule has 6 heteroatoms. The monoisotopic (exact) mass is 389 g/mol. The number of hydrogen-bond donors (Lipinski definition) is 1. The highest BCUT2D eigenvalue weighted by atomic mass is 16.6. The van der Waals surface area contributed by atoms with Gasteiger partial charge in [-0.05, 0) is 24.8 Å². The van der Waals surface area contributed by atoms with Gasteiger partial charge in [-0.1, -0.05) is 56.9 Å². The summed E-state index contributed by atoms with van der Waals surface area (Å²) in [6.45, 7) is 2.46. The van der Waals surface area contributed by atoms with E-state index in [1.807, 2.05) is 24.3 Å². The second-order valence-electron chi connectivity index (χ2n) is 7.37. The van der Waals surface area contributed by atoms with Gasteiger partial charge in [-0.3, -0.25) is 4.79 Å². The molecule has 1 fully saturated rings. The number of ether oxygens (including phenoxy) is 2. The topological polar surface area (TPSA) is 81.7 Å². The number of carbonyl (C=O) groups excluding carboxylic acids is 3. The maximum Gasteiger partial charge on any atom is 0.407 e. The van der Waals surface area contributed by atoms with Gasteiger partial charge in [-0.25, -0.2) is 9.59 Å². The Labute approximate surface area is 167 Å². The molecule has 0 aliphatic carbocycles. The Hall–Kier alpha value is -2.37. The van der Waals surface area contributed by atoms with Crippen LogP contribution in [0.15, 0.2) is 24.3 Å². The van der Waals surface area contributed by atoms with E-state index >= 15 is 0 Å². The number of nitrogens with one attached hydrogen (secondary N) is 1. The number of aryl methyl sites for hydroxylation is 1. The summed E-state index contributed by atoms with van der Waals surface area (Å²) in [5.74, 6) is -0.251. The molecular weight excluding hydrogens is 358 g/mol. The van der Waals surface area contributed by atoms with Gasteiger partial charge in [-0.2, -0.15) is 0 Å². The van der Waals surface area contributed by atoms with Crippen molar-refractivity contribution in [3.05, 3.63) is 35.4 Å². The zero-order chi connectivity index (χ0) is 20.4. The van der Waals surface area contributed by atoms with E-state index in [1.54, 1.807) is 0 Å². The standard InChI is InChI=1S/C22H31NO5/c1-3-4-5-6-7-8-19(24)18-11-9-17(10-12-18)13-14-22(23-21(26)27-2)15-16-28-20(22)25/h9-12H,3-8,13-16H2,1-2H3,(H,23,26).